The van der Waals surface area contributed by atoms with E-state index in [0.717, 1.165) is 29.1 Å². The second-order valence-corrected chi connectivity index (χ2v) is 7.34. The molecule has 0 saturated carbocycles. The van der Waals surface area contributed by atoms with Gasteiger partial charge in [-0.3, -0.25) is 4.98 Å². The first kappa shape index (κ1) is 18.0. The second kappa shape index (κ2) is 9.11. The van der Waals surface area contributed by atoms with Crippen molar-refractivity contribution in [3.8, 4) is 0 Å². The van der Waals surface area contributed by atoms with Gasteiger partial charge in [-0.15, -0.1) is 11.3 Å². The van der Waals surface area contributed by atoms with Crippen LogP contribution in [0.25, 0.3) is 0 Å². The summed E-state index contributed by atoms with van der Waals surface area (Å²) in [6, 6.07) is 4.18. The largest absolute Gasteiger partial charge is 0.374 e. The smallest absolute Gasteiger partial charge is 0.0897 e. The lowest BCUT2D eigenvalue weighted by Gasteiger charge is -2.12. The van der Waals surface area contributed by atoms with Crippen molar-refractivity contribution < 1.29 is 9.47 Å². The number of thiazole rings is 1. The van der Waals surface area contributed by atoms with Crippen LogP contribution in [-0.2, 0) is 29.1 Å². The zero-order chi connectivity index (χ0) is 16.7. The van der Waals surface area contributed by atoms with Crippen molar-refractivity contribution in [2.75, 3.05) is 0 Å². The Kier molecular flexibility index (Phi) is 7.15. The number of pyridine rings is 1. The first-order chi connectivity index (χ1) is 11.0. The number of ether oxygens (including phenoxy) is 2. The van der Waals surface area contributed by atoms with E-state index >= 15 is 0 Å². The van der Waals surface area contributed by atoms with Gasteiger partial charge in [0.1, 0.15) is 0 Å². The SMILES string of the molecule is Cc1ncc(COC(C)CCc2ccc(COC(C)C)cn2)s1. The van der Waals surface area contributed by atoms with Crippen molar-refractivity contribution in [1.82, 2.24) is 9.97 Å². The van der Waals surface area contributed by atoms with Gasteiger partial charge in [-0.25, -0.2) is 4.98 Å². The van der Waals surface area contributed by atoms with Gasteiger partial charge < -0.3 is 9.47 Å². The molecule has 0 fully saturated rings. The van der Waals surface area contributed by atoms with Crippen molar-refractivity contribution in [2.45, 2.75) is 66.0 Å². The molecular weight excluding hydrogens is 308 g/mol. The minimum absolute atomic E-state index is 0.211. The Balaban J connectivity index is 1.70. The molecule has 2 rings (SSSR count). The molecule has 0 aliphatic rings. The second-order valence-electron chi connectivity index (χ2n) is 6.02. The van der Waals surface area contributed by atoms with Gasteiger partial charge in [-0.05, 0) is 52.2 Å². The van der Waals surface area contributed by atoms with Crippen molar-refractivity contribution >= 4 is 11.3 Å². The average molecular weight is 334 g/mol. The summed E-state index contributed by atoms with van der Waals surface area (Å²) in [4.78, 5) is 9.93. The molecule has 0 aromatic carbocycles. The molecule has 0 bridgehead atoms. The Bertz CT molecular complexity index is 581. The third-order valence-corrected chi connectivity index (χ3v) is 4.34. The van der Waals surface area contributed by atoms with Crippen LogP contribution in [0.4, 0.5) is 0 Å². The molecule has 0 amide bonds. The maximum Gasteiger partial charge on any atom is 0.0897 e. The first-order valence-electron chi connectivity index (χ1n) is 8.11. The molecule has 126 valence electrons. The Morgan fingerprint density at radius 3 is 2.48 bits per heavy atom. The van der Waals surface area contributed by atoms with Crippen molar-refractivity contribution in [3.63, 3.8) is 0 Å². The van der Waals surface area contributed by atoms with Crippen LogP contribution < -0.4 is 0 Å². The Morgan fingerprint density at radius 1 is 1.04 bits per heavy atom. The lowest BCUT2D eigenvalue weighted by molar-refractivity contribution is 0.0491. The van der Waals surface area contributed by atoms with Gasteiger partial charge in [0.05, 0.1) is 35.3 Å². The standard InChI is InChI=1S/C18H26N2O2S/c1-13(2)21-11-16-6-8-17(20-9-16)7-5-14(3)22-12-18-10-19-15(4)23-18/h6,8-10,13-14H,5,7,11-12H2,1-4H3. The summed E-state index contributed by atoms with van der Waals surface area (Å²) in [6.45, 7) is 9.47. The fraction of sp³-hybridized carbons (Fsp3) is 0.556. The van der Waals surface area contributed by atoms with Gasteiger partial charge in [0.15, 0.2) is 0 Å². The van der Waals surface area contributed by atoms with Gasteiger partial charge >= 0.3 is 0 Å². The molecule has 23 heavy (non-hydrogen) atoms. The maximum atomic E-state index is 5.87. The van der Waals surface area contributed by atoms with E-state index in [1.165, 1.54) is 4.88 Å². The van der Waals surface area contributed by atoms with Crippen LogP contribution >= 0.6 is 11.3 Å². The highest BCUT2D eigenvalue weighted by molar-refractivity contribution is 7.11. The molecule has 1 unspecified atom stereocenters. The van der Waals surface area contributed by atoms with E-state index in [0.29, 0.717) is 13.2 Å². The molecule has 2 aromatic heterocycles. The summed E-state index contributed by atoms with van der Waals surface area (Å²) in [5, 5.41) is 1.09. The highest BCUT2D eigenvalue weighted by atomic mass is 32.1. The molecule has 0 N–H and O–H groups in total. The number of hydrogen-bond acceptors (Lipinski definition) is 5. The van der Waals surface area contributed by atoms with Crippen LogP contribution in [0.5, 0.6) is 0 Å². The zero-order valence-corrected chi connectivity index (χ0v) is 15.2. The minimum Gasteiger partial charge on any atom is -0.374 e. The molecule has 0 saturated heterocycles. The van der Waals surface area contributed by atoms with E-state index in [1.807, 2.05) is 33.2 Å². The quantitative estimate of drug-likeness (QED) is 0.685. The normalized spacial score (nSPS) is 12.7. The predicted molar refractivity (Wildman–Crippen MR) is 93.6 cm³/mol. The van der Waals surface area contributed by atoms with E-state index < -0.39 is 0 Å². The van der Waals surface area contributed by atoms with Crippen molar-refractivity contribution in [3.05, 3.63) is 45.7 Å². The van der Waals surface area contributed by atoms with Crippen molar-refractivity contribution in [2.24, 2.45) is 0 Å². The predicted octanol–water partition coefficient (Wildman–Crippen LogP) is 4.31. The van der Waals surface area contributed by atoms with Crippen LogP contribution in [0.1, 0.15) is 48.3 Å². The highest BCUT2D eigenvalue weighted by Crippen LogP contribution is 2.15. The molecule has 0 radical (unpaired) electrons. The highest BCUT2D eigenvalue weighted by Gasteiger charge is 2.06. The molecular formula is C18H26N2O2S. The summed E-state index contributed by atoms with van der Waals surface area (Å²) in [7, 11) is 0. The molecule has 2 heterocycles. The maximum absolute atomic E-state index is 5.87. The lowest BCUT2D eigenvalue weighted by Crippen LogP contribution is -2.09. The molecule has 0 spiro atoms. The fourth-order valence-electron chi connectivity index (χ4n) is 2.08. The molecule has 1 atom stereocenters. The monoisotopic (exact) mass is 334 g/mol. The van der Waals surface area contributed by atoms with Crippen molar-refractivity contribution in [1.29, 1.82) is 0 Å². The average Bonchev–Trinajstić information content (AvgIpc) is 2.95. The van der Waals surface area contributed by atoms with Crippen LogP contribution in [0.15, 0.2) is 24.5 Å². The van der Waals surface area contributed by atoms with Crippen LogP contribution in [0.3, 0.4) is 0 Å². The number of rotatable bonds is 9. The summed E-state index contributed by atoms with van der Waals surface area (Å²) in [6.07, 6.45) is 6.15. The molecule has 2 aromatic rings. The van der Waals surface area contributed by atoms with E-state index in [-0.39, 0.29) is 12.2 Å². The van der Waals surface area contributed by atoms with Gasteiger partial charge in [0.2, 0.25) is 0 Å². The van der Waals surface area contributed by atoms with Crippen LogP contribution in [0.2, 0.25) is 0 Å². The Morgan fingerprint density at radius 2 is 1.87 bits per heavy atom. The number of aromatic nitrogens is 2. The van der Waals surface area contributed by atoms with E-state index in [1.54, 1.807) is 11.3 Å². The third kappa shape index (κ3) is 6.77. The summed E-state index contributed by atoms with van der Waals surface area (Å²) in [5.41, 5.74) is 2.22. The van der Waals surface area contributed by atoms with E-state index in [2.05, 4.69) is 29.0 Å². The Hall–Kier alpha value is -1.30. The number of aryl methyl sites for hydroxylation is 2. The van der Waals surface area contributed by atoms with E-state index in [9.17, 15) is 0 Å². The lowest BCUT2D eigenvalue weighted by atomic mass is 10.1. The van der Waals surface area contributed by atoms with Crippen LogP contribution in [0, 0.1) is 6.92 Å². The third-order valence-electron chi connectivity index (χ3n) is 3.46. The van der Waals surface area contributed by atoms with Gasteiger partial charge in [0.25, 0.3) is 0 Å². The molecule has 5 heteroatoms. The molecule has 0 aliphatic carbocycles. The molecule has 4 nitrogen and oxygen atoms in total. The topological polar surface area (TPSA) is 44.2 Å². The van der Waals surface area contributed by atoms with Gasteiger partial charge in [0, 0.05) is 18.1 Å². The first-order valence-corrected chi connectivity index (χ1v) is 8.93. The van der Waals surface area contributed by atoms with Gasteiger partial charge in [-0.2, -0.15) is 0 Å². The number of hydrogen-bond donors (Lipinski definition) is 0. The molecule has 0 aliphatic heterocycles. The number of nitrogens with zero attached hydrogens (tertiary/aromatic N) is 2. The fourth-order valence-corrected chi connectivity index (χ4v) is 2.80. The summed E-state index contributed by atoms with van der Waals surface area (Å²) >= 11 is 1.69. The van der Waals surface area contributed by atoms with Gasteiger partial charge in [-0.1, -0.05) is 6.07 Å². The summed E-state index contributed by atoms with van der Waals surface area (Å²) in [5.74, 6) is 0. The minimum atomic E-state index is 0.211. The Labute approximate surface area is 142 Å². The van der Waals surface area contributed by atoms with E-state index in [4.69, 9.17) is 9.47 Å². The van der Waals surface area contributed by atoms with Crippen LogP contribution in [-0.4, -0.2) is 22.2 Å². The zero-order valence-electron chi connectivity index (χ0n) is 14.4. The summed E-state index contributed by atoms with van der Waals surface area (Å²) < 4.78 is 11.5.